The number of carbonyl (C=O) groups is 1. The number of benzene rings is 1. The van der Waals surface area contributed by atoms with E-state index >= 15 is 0 Å². The lowest BCUT2D eigenvalue weighted by atomic mass is 10.1. The number of aryl methyl sites for hydroxylation is 1. The van der Waals surface area contributed by atoms with Gasteiger partial charge in [-0.25, -0.2) is 4.98 Å². The predicted octanol–water partition coefficient (Wildman–Crippen LogP) is 2.44. The second kappa shape index (κ2) is 8.62. The van der Waals surface area contributed by atoms with Gasteiger partial charge in [0.05, 0.1) is 6.54 Å². The van der Waals surface area contributed by atoms with Gasteiger partial charge < -0.3 is 10.6 Å². The summed E-state index contributed by atoms with van der Waals surface area (Å²) in [6.07, 6.45) is 2.91. The van der Waals surface area contributed by atoms with Crippen LogP contribution in [0.3, 0.4) is 0 Å². The van der Waals surface area contributed by atoms with Gasteiger partial charge in [-0.1, -0.05) is 30.3 Å². The second-order valence-corrected chi connectivity index (χ2v) is 6.69. The summed E-state index contributed by atoms with van der Waals surface area (Å²) >= 11 is 0. The van der Waals surface area contributed by atoms with E-state index < -0.39 is 0 Å². The second-order valence-electron chi connectivity index (χ2n) is 6.69. The molecule has 1 aliphatic rings. The quantitative estimate of drug-likeness (QED) is 0.814. The molecule has 5 heteroatoms. The molecule has 1 amide bonds. The Morgan fingerprint density at radius 3 is 2.88 bits per heavy atom. The molecule has 3 rings (SSSR count). The number of pyridine rings is 1. The first-order valence-electron chi connectivity index (χ1n) is 8.89. The molecule has 1 aromatic heterocycles. The van der Waals surface area contributed by atoms with Crippen LogP contribution in [0.15, 0.2) is 48.7 Å². The first kappa shape index (κ1) is 17.4. The maximum atomic E-state index is 12.2. The number of nitrogens with zero attached hydrogens (tertiary/aromatic N) is 2. The largest absolute Gasteiger partial charge is 0.370 e. The minimum atomic E-state index is 0.0987. The van der Waals surface area contributed by atoms with Crippen LogP contribution in [0.5, 0.6) is 0 Å². The molecule has 1 atom stereocenters. The predicted molar refractivity (Wildman–Crippen MR) is 100 cm³/mol. The molecule has 2 N–H and O–H groups in total. The lowest BCUT2D eigenvalue weighted by Gasteiger charge is -2.16. The topological polar surface area (TPSA) is 57.3 Å². The summed E-state index contributed by atoms with van der Waals surface area (Å²) in [7, 11) is 0. The van der Waals surface area contributed by atoms with E-state index in [9.17, 15) is 4.79 Å². The number of amides is 1. The highest BCUT2D eigenvalue weighted by Crippen LogP contribution is 2.16. The minimum absolute atomic E-state index is 0.0987. The summed E-state index contributed by atoms with van der Waals surface area (Å²) in [5.74, 6) is 1.57. The Morgan fingerprint density at radius 1 is 1.24 bits per heavy atom. The van der Waals surface area contributed by atoms with E-state index in [1.54, 1.807) is 6.20 Å². The van der Waals surface area contributed by atoms with Crippen molar-refractivity contribution in [2.75, 3.05) is 31.5 Å². The lowest BCUT2D eigenvalue weighted by molar-refractivity contribution is -0.122. The molecule has 2 aromatic rings. The van der Waals surface area contributed by atoms with Crippen molar-refractivity contribution in [3.8, 4) is 0 Å². The SMILES string of the molecule is Cc1ccccc1CNC(=O)CN1CC[C@H](CNc2ccccn2)C1. The molecule has 1 aromatic carbocycles. The molecule has 1 saturated heterocycles. The van der Waals surface area contributed by atoms with E-state index in [1.807, 2.05) is 30.3 Å². The van der Waals surface area contributed by atoms with Gasteiger partial charge in [-0.2, -0.15) is 0 Å². The van der Waals surface area contributed by atoms with Gasteiger partial charge in [0.2, 0.25) is 5.91 Å². The Morgan fingerprint density at radius 2 is 2.08 bits per heavy atom. The van der Waals surface area contributed by atoms with Crippen LogP contribution in [0.2, 0.25) is 0 Å². The van der Waals surface area contributed by atoms with Gasteiger partial charge in [0.15, 0.2) is 0 Å². The van der Waals surface area contributed by atoms with Gasteiger partial charge in [0.1, 0.15) is 5.82 Å². The van der Waals surface area contributed by atoms with Crippen molar-refractivity contribution in [3.05, 3.63) is 59.8 Å². The maximum absolute atomic E-state index is 12.2. The summed E-state index contributed by atoms with van der Waals surface area (Å²) in [5, 5.41) is 6.41. The van der Waals surface area contributed by atoms with Gasteiger partial charge in [-0.05, 0) is 49.1 Å². The van der Waals surface area contributed by atoms with Crippen molar-refractivity contribution in [3.63, 3.8) is 0 Å². The van der Waals surface area contributed by atoms with Crippen molar-refractivity contribution in [2.45, 2.75) is 19.9 Å². The first-order valence-corrected chi connectivity index (χ1v) is 8.89. The Hall–Kier alpha value is -2.40. The summed E-state index contributed by atoms with van der Waals surface area (Å²) in [4.78, 5) is 18.7. The number of hydrogen-bond donors (Lipinski definition) is 2. The van der Waals surface area contributed by atoms with Crippen molar-refractivity contribution < 1.29 is 4.79 Å². The number of rotatable bonds is 7. The van der Waals surface area contributed by atoms with Gasteiger partial charge in [-0.15, -0.1) is 0 Å². The summed E-state index contributed by atoms with van der Waals surface area (Å²) < 4.78 is 0. The average Bonchev–Trinajstić information content (AvgIpc) is 3.07. The van der Waals surface area contributed by atoms with E-state index in [2.05, 4.69) is 39.6 Å². The molecule has 1 fully saturated rings. The fourth-order valence-corrected chi connectivity index (χ4v) is 3.20. The molecule has 0 aliphatic carbocycles. The fourth-order valence-electron chi connectivity index (χ4n) is 3.20. The monoisotopic (exact) mass is 338 g/mol. The highest BCUT2D eigenvalue weighted by molar-refractivity contribution is 5.78. The smallest absolute Gasteiger partial charge is 0.234 e. The average molecular weight is 338 g/mol. The Balaban J connectivity index is 1.37. The van der Waals surface area contributed by atoms with Crippen LogP contribution in [0.1, 0.15) is 17.5 Å². The van der Waals surface area contributed by atoms with Crippen LogP contribution in [0, 0.1) is 12.8 Å². The van der Waals surface area contributed by atoms with Gasteiger partial charge >= 0.3 is 0 Å². The highest BCUT2D eigenvalue weighted by atomic mass is 16.2. The molecule has 5 nitrogen and oxygen atoms in total. The molecule has 132 valence electrons. The normalized spacial score (nSPS) is 17.4. The number of carbonyl (C=O) groups excluding carboxylic acids is 1. The van der Waals surface area contributed by atoms with E-state index in [1.165, 1.54) is 11.1 Å². The maximum Gasteiger partial charge on any atom is 0.234 e. The van der Waals surface area contributed by atoms with Crippen molar-refractivity contribution in [1.29, 1.82) is 0 Å². The zero-order valence-electron chi connectivity index (χ0n) is 14.7. The van der Waals surface area contributed by atoms with E-state index in [0.29, 0.717) is 19.0 Å². The Bertz CT molecular complexity index is 689. The summed E-state index contributed by atoms with van der Waals surface area (Å²) in [5.41, 5.74) is 2.39. The van der Waals surface area contributed by atoms with Crippen LogP contribution < -0.4 is 10.6 Å². The summed E-state index contributed by atoms with van der Waals surface area (Å²) in [6, 6.07) is 14.0. The van der Waals surface area contributed by atoms with Crippen molar-refractivity contribution in [1.82, 2.24) is 15.2 Å². The molecule has 0 saturated carbocycles. The fraction of sp³-hybridized carbons (Fsp3) is 0.400. The lowest BCUT2D eigenvalue weighted by Crippen LogP contribution is -2.36. The van der Waals surface area contributed by atoms with Crippen LogP contribution in [0.25, 0.3) is 0 Å². The third kappa shape index (κ3) is 5.29. The molecule has 2 heterocycles. The van der Waals surface area contributed by atoms with Crippen LogP contribution in [-0.4, -0.2) is 42.0 Å². The number of nitrogens with one attached hydrogen (secondary N) is 2. The number of anilines is 1. The standard InChI is InChI=1S/C20H26N4O/c1-16-6-2-3-7-18(16)13-23-20(25)15-24-11-9-17(14-24)12-22-19-8-4-5-10-21-19/h2-8,10,17H,9,11-15H2,1H3,(H,21,22)(H,23,25)/t17-/m1/s1. The summed E-state index contributed by atoms with van der Waals surface area (Å²) in [6.45, 7) is 5.99. The minimum Gasteiger partial charge on any atom is -0.370 e. The Kier molecular flexibility index (Phi) is 6.01. The van der Waals surface area contributed by atoms with Crippen LogP contribution in [0.4, 0.5) is 5.82 Å². The third-order valence-electron chi connectivity index (χ3n) is 4.71. The van der Waals surface area contributed by atoms with Crippen molar-refractivity contribution in [2.24, 2.45) is 5.92 Å². The first-order chi connectivity index (χ1) is 12.2. The molecular formula is C20H26N4O. The molecule has 25 heavy (non-hydrogen) atoms. The molecule has 0 spiro atoms. The van der Waals surface area contributed by atoms with Gasteiger partial charge in [0, 0.05) is 25.8 Å². The van der Waals surface area contributed by atoms with Gasteiger partial charge in [0.25, 0.3) is 0 Å². The molecule has 0 bridgehead atoms. The Labute approximate surface area is 149 Å². The zero-order chi connectivity index (χ0) is 17.5. The van der Waals surface area contributed by atoms with Crippen LogP contribution >= 0.6 is 0 Å². The van der Waals surface area contributed by atoms with E-state index in [-0.39, 0.29) is 5.91 Å². The highest BCUT2D eigenvalue weighted by Gasteiger charge is 2.23. The van der Waals surface area contributed by atoms with E-state index in [0.717, 1.165) is 31.9 Å². The number of likely N-dealkylation sites (tertiary alicyclic amines) is 1. The zero-order valence-corrected chi connectivity index (χ0v) is 14.7. The van der Waals surface area contributed by atoms with E-state index in [4.69, 9.17) is 0 Å². The molecule has 0 radical (unpaired) electrons. The van der Waals surface area contributed by atoms with Gasteiger partial charge in [-0.3, -0.25) is 9.69 Å². The number of aromatic nitrogens is 1. The molecular weight excluding hydrogens is 312 g/mol. The molecule has 0 unspecified atom stereocenters. The van der Waals surface area contributed by atoms with Crippen LogP contribution in [-0.2, 0) is 11.3 Å². The molecule has 1 aliphatic heterocycles. The third-order valence-corrected chi connectivity index (χ3v) is 4.71. The van der Waals surface area contributed by atoms with Crippen molar-refractivity contribution >= 4 is 11.7 Å². The number of hydrogen-bond acceptors (Lipinski definition) is 4.